The van der Waals surface area contributed by atoms with Crippen LogP contribution in [0.5, 0.6) is 5.75 Å². The summed E-state index contributed by atoms with van der Waals surface area (Å²) in [6.07, 6.45) is 0. The number of amides is 1. The Morgan fingerprint density at radius 2 is 1.75 bits per heavy atom. The maximum atomic E-state index is 12.2. The van der Waals surface area contributed by atoms with Gasteiger partial charge in [-0.3, -0.25) is 4.79 Å². The number of para-hydroxylation sites is 1. The zero-order chi connectivity index (χ0) is 14.4. The molecule has 0 fully saturated rings. The van der Waals surface area contributed by atoms with Gasteiger partial charge in [0.2, 0.25) is 0 Å². The molecule has 1 amide bonds. The van der Waals surface area contributed by atoms with Gasteiger partial charge in [0.15, 0.2) is 0 Å². The highest BCUT2D eigenvalue weighted by molar-refractivity contribution is 5.96. The van der Waals surface area contributed by atoms with Crippen LogP contribution in [0.15, 0.2) is 48.5 Å². The smallest absolute Gasteiger partial charge is 0.255 e. The first-order chi connectivity index (χ1) is 9.76. The van der Waals surface area contributed by atoms with Crippen LogP contribution < -0.4 is 15.8 Å². The monoisotopic (exact) mass is 270 g/mol. The molecule has 0 saturated carbocycles. The van der Waals surface area contributed by atoms with Crippen LogP contribution in [0.3, 0.4) is 0 Å². The Morgan fingerprint density at radius 1 is 1.10 bits per heavy atom. The molecule has 0 unspecified atom stereocenters. The Morgan fingerprint density at radius 3 is 2.45 bits per heavy atom. The first kappa shape index (κ1) is 14.1. The van der Waals surface area contributed by atoms with Crippen LogP contribution in [-0.2, 0) is 13.1 Å². The van der Waals surface area contributed by atoms with Crippen molar-refractivity contribution in [2.45, 2.75) is 13.1 Å². The average Bonchev–Trinajstić information content (AvgIpc) is 2.52. The quantitative estimate of drug-likeness (QED) is 0.874. The molecule has 4 nitrogen and oxygen atoms in total. The predicted molar refractivity (Wildman–Crippen MR) is 78.5 cm³/mol. The van der Waals surface area contributed by atoms with Crippen LogP contribution in [0.25, 0.3) is 0 Å². The molecule has 0 aliphatic heterocycles. The second-order valence-electron chi connectivity index (χ2n) is 4.36. The minimum atomic E-state index is -0.158. The lowest BCUT2D eigenvalue weighted by Crippen LogP contribution is -2.24. The summed E-state index contributed by atoms with van der Waals surface area (Å²) in [7, 11) is 1.55. The molecule has 0 aromatic heterocycles. The molecule has 3 N–H and O–H groups in total. The zero-order valence-corrected chi connectivity index (χ0v) is 11.4. The minimum absolute atomic E-state index is 0.158. The molecule has 0 aliphatic carbocycles. The van der Waals surface area contributed by atoms with Gasteiger partial charge >= 0.3 is 0 Å². The maximum absolute atomic E-state index is 12.2. The third-order valence-electron chi connectivity index (χ3n) is 3.13. The molecule has 20 heavy (non-hydrogen) atoms. The first-order valence-corrected chi connectivity index (χ1v) is 6.44. The number of nitrogens with one attached hydrogen (secondary N) is 1. The molecule has 0 saturated heterocycles. The number of carbonyl (C=O) groups is 1. The van der Waals surface area contributed by atoms with Crippen molar-refractivity contribution in [1.29, 1.82) is 0 Å². The fourth-order valence-corrected chi connectivity index (χ4v) is 2.03. The molecule has 0 bridgehead atoms. The summed E-state index contributed by atoms with van der Waals surface area (Å²) in [5, 5.41) is 2.89. The van der Waals surface area contributed by atoms with Gasteiger partial charge in [-0.2, -0.15) is 0 Å². The van der Waals surface area contributed by atoms with Gasteiger partial charge < -0.3 is 15.8 Å². The first-order valence-electron chi connectivity index (χ1n) is 6.44. The largest absolute Gasteiger partial charge is 0.496 e. The van der Waals surface area contributed by atoms with Gasteiger partial charge in [0.25, 0.3) is 5.91 Å². The summed E-state index contributed by atoms with van der Waals surface area (Å²) in [6.45, 7) is 0.908. The summed E-state index contributed by atoms with van der Waals surface area (Å²) in [5.41, 5.74) is 8.27. The minimum Gasteiger partial charge on any atom is -0.496 e. The molecular formula is C16H18N2O2. The molecule has 2 aromatic carbocycles. The maximum Gasteiger partial charge on any atom is 0.255 e. The third kappa shape index (κ3) is 3.16. The number of rotatable bonds is 5. The van der Waals surface area contributed by atoms with Gasteiger partial charge in [-0.15, -0.1) is 0 Å². The van der Waals surface area contributed by atoms with Crippen molar-refractivity contribution in [1.82, 2.24) is 5.32 Å². The molecule has 0 atom stereocenters. The molecule has 0 heterocycles. The van der Waals surface area contributed by atoms with Gasteiger partial charge in [0.05, 0.1) is 12.7 Å². The predicted octanol–water partition coefficient (Wildman–Crippen LogP) is 2.08. The lowest BCUT2D eigenvalue weighted by molar-refractivity contribution is 0.0948. The van der Waals surface area contributed by atoms with E-state index in [1.807, 2.05) is 36.4 Å². The van der Waals surface area contributed by atoms with E-state index in [9.17, 15) is 4.79 Å². The molecular weight excluding hydrogens is 252 g/mol. The normalized spacial score (nSPS) is 10.1. The summed E-state index contributed by atoms with van der Waals surface area (Å²) in [6, 6.07) is 14.9. The van der Waals surface area contributed by atoms with Crippen LogP contribution in [0, 0.1) is 0 Å². The van der Waals surface area contributed by atoms with Gasteiger partial charge in [-0.1, -0.05) is 36.4 Å². The Bertz CT molecular complexity index is 597. The molecule has 0 spiro atoms. The van der Waals surface area contributed by atoms with E-state index in [1.54, 1.807) is 19.2 Å². The molecule has 2 aromatic rings. The van der Waals surface area contributed by atoms with Crippen LogP contribution in [0.4, 0.5) is 0 Å². The molecule has 0 radical (unpaired) electrons. The topological polar surface area (TPSA) is 64.3 Å². The number of nitrogens with two attached hydrogens (primary N) is 1. The van der Waals surface area contributed by atoms with E-state index in [4.69, 9.17) is 10.5 Å². The van der Waals surface area contributed by atoms with Crippen molar-refractivity contribution in [3.63, 3.8) is 0 Å². The Hall–Kier alpha value is -2.33. The number of benzene rings is 2. The number of hydrogen-bond donors (Lipinski definition) is 2. The van der Waals surface area contributed by atoms with Crippen LogP contribution in [0.2, 0.25) is 0 Å². The van der Waals surface area contributed by atoms with E-state index in [-0.39, 0.29) is 5.91 Å². The highest BCUT2D eigenvalue weighted by Crippen LogP contribution is 2.17. The highest BCUT2D eigenvalue weighted by Gasteiger charge is 2.11. The van der Waals surface area contributed by atoms with Crippen molar-refractivity contribution in [2.24, 2.45) is 5.73 Å². The lowest BCUT2D eigenvalue weighted by Gasteiger charge is -2.11. The lowest BCUT2D eigenvalue weighted by atomic mass is 10.1. The van der Waals surface area contributed by atoms with Crippen molar-refractivity contribution in [2.75, 3.05) is 7.11 Å². The van der Waals surface area contributed by atoms with Gasteiger partial charge in [0.1, 0.15) is 5.75 Å². The van der Waals surface area contributed by atoms with E-state index >= 15 is 0 Å². The number of methoxy groups -OCH3 is 1. The fraction of sp³-hybridized carbons (Fsp3) is 0.188. The second kappa shape index (κ2) is 6.73. The molecule has 104 valence electrons. The standard InChI is InChI=1S/C16H18N2O2/c1-20-15-9-5-4-8-14(15)16(19)18-11-13-7-3-2-6-12(13)10-17/h2-9H,10-11,17H2,1H3,(H,18,19). The zero-order valence-electron chi connectivity index (χ0n) is 11.4. The van der Waals surface area contributed by atoms with E-state index in [2.05, 4.69) is 5.32 Å². The highest BCUT2D eigenvalue weighted by atomic mass is 16.5. The van der Waals surface area contributed by atoms with Crippen molar-refractivity contribution in [3.8, 4) is 5.75 Å². The van der Waals surface area contributed by atoms with Crippen LogP contribution >= 0.6 is 0 Å². The van der Waals surface area contributed by atoms with Gasteiger partial charge in [-0.05, 0) is 23.3 Å². The van der Waals surface area contributed by atoms with Gasteiger partial charge in [-0.25, -0.2) is 0 Å². The van der Waals surface area contributed by atoms with Crippen LogP contribution in [0.1, 0.15) is 21.5 Å². The van der Waals surface area contributed by atoms with E-state index in [0.717, 1.165) is 11.1 Å². The summed E-state index contributed by atoms with van der Waals surface area (Å²) >= 11 is 0. The van der Waals surface area contributed by atoms with E-state index < -0.39 is 0 Å². The summed E-state index contributed by atoms with van der Waals surface area (Å²) in [4.78, 5) is 12.2. The Labute approximate surface area is 118 Å². The Balaban J connectivity index is 2.09. The Kier molecular flexibility index (Phi) is 4.74. The van der Waals surface area contributed by atoms with E-state index in [0.29, 0.717) is 24.4 Å². The van der Waals surface area contributed by atoms with Crippen molar-refractivity contribution in [3.05, 3.63) is 65.2 Å². The van der Waals surface area contributed by atoms with Crippen LogP contribution in [-0.4, -0.2) is 13.0 Å². The fourth-order valence-electron chi connectivity index (χ4n) is 2.03. The summed E-state index contributed by atoms with van der Waals surface area (Å²) in [5.74, 6) is 0.409. The summed E-state index contributed by atoms with van der Waals surface area (Å²) < 4.78 is 5.18. The van der Waals surface area contributed by atoms with Crippen molar-refractivity contribution >= 4 is 5.91 Å². The van der Waals surface area contributed by atoms with Crippen molar-refractivity contribution < 1.29 is 9.53 Å². The van der Waals surface area contributed by atoms with E-state index in [1.165, 1.54) is 0 Å². The average molecular weight is 270 g/mol. The second-order valence-corrected chi connectivity index (χ2v) is 4.36. The number of hydrogen-bond acceptors (Lipinski definition) is 3. The molecule has 4 heteroatoms. The number of ether oxygens (including phenoxy) is 1. The molecule has 0 aliphatic rings. The van der Waals surface area contributed by atoms with Gasteiger partial charge in [0, 0.05) is 13.1 Å². The number of carbonyl (C=O) groups excluding carboxylic acids is 1. The SMILES string of the molecule is COc1ccccc1C(=O)NCc1ccccc1CN. The molecule has 2 rings (SSSR count). The third-order valence-corrected chi connectivity index (χ3v) is 3.13.